The van der Waals surface area contributed by atoms with Gasteiger partial charge in [-0.05, 0) is 64.8 Å². The standard InChI is InChI=1S/C25H35N5O5/c1-25(2,3)35-24(34)29-13-12-27(4)17(15-29)8-6-16-7-9-18-20(14-16)28(5)23(33)30(18)19-10-11-21(31)26-22(19)32/h7,9,14,17,19H,6,8,10-13,15H2,1-5H3,(H,26,31,32)/t17-,19?/m1/s1. The van der Waals surface area contributed by atoms with Crippen LogP contribution in [-0.2, 0) is 27.8 Å². The monoisotopic (exact) mass is 485 g/mol. The Balaban J connectivity index is 1.49. The van der Waals surface area contributed by atoms with Crippen LogP contribution in [0.3, 0.4) is 0 Å². The molecule has 2 aliphatic rings. The number of piperazine rings is 1. The van der Waals surface area contributed by atoms with Gasteiger partial charge in [0, 0.05) is 39.1 Å². The average molecular weight is 486 g/mol. The zero-order chi connectivity index (χ0) is 25.5. The Morgan fingerprint density at radius 2 is 1.86 bits per heavy atom. The molecule has 1 unspecified atom stereocenters. The summed E-state index contributed by atoms with van der Waals surface area (Å²) in [6.07, 6.45) is 1.88. The van der Waals surface area contributed by atoms with E-state index < -0.39 is 17.6 Å². The average Bonchev–Trinajstić information content (AvgIpc) is 3.02. The minimum Gasteiger partial charge on any atom is -0.444 e. The maximum absolute atomic E-state index is 13.0. The van der Waals surface area contributed by atoms with Crippen LogP contribution < -0.4 is 11.0 Å². The van der Waals surface area contributed by atoms with Crippen molar-refractivity contribution in [2.45, 2.75) is 64.1 Å². The van der Waals surface area contributed by atoms with Crippen LogP contribution in [0.15, 0.2) is 23.0 Å². The molecule has 3 heterocycles. The lowest BCUT2D eigenvalue weighted by Gasteiger charge is -2.40. The molecule has 3 amide bonds. The van der Waals surface area contributed by atoms with Crippen molar-refractivity contribution < 1.29 is 19.1 Å². The topological polar surface area (TPSA) is 106 Å². The highest BCUT2D eigenvalue weighted by Crippen LogP contribution is 2.25. The number of hydrogen-bond donors (Lipinski definition) is 1. The molecule has 0 spiro atoms. The lowest BCUT2D eigenvalue weighted by Crippen LogP contribution is -2.54. The maximum Gasteiger partial charge on any atom is 0.410 e. The molecule has 2 fully saturated rings. The van der Waals surface area contributed by atoms with Crippen molar-refractivity contribution in [3.8, 4) is 0 Å². The highest BCUT2D eigenvalue weighted by Gasteiger charge is 2.32. The molecular formula is C25H35N5O5. The van der Waals surface area contributed by atoms with Gasteiger partial charge in [-0.3, -0.25) is 28.9 Å². The first-order chi connectivity index (χ1) is 16.4. The van der Waals surface area contributed by atoms with Gasteiger partial charge in [0.15, 0.2) is 0 Å². The van der Waals surface area contributed by atoms with Gasteiger partial charge in [0.2, 0.25) is 11.8 Å². The summed E-state index contributed by atoms with van der Waals surface area (Å²) in [5.74, 6) is -0.741. The van der Waals surface area contributed by atoms with Gasteiger partial charge in [0.1, 0.15) is 11.6 Å². The molecule has 0 aliphatic carbocycles. The van der Waals surface area contributed by atoms with Gasteiger partial charge < -0.3 is 9.64 Å². The first-order valence-corrected chi connectivity index (χ1v) is 12.2. The number of amides is 3. The number of fused-ring (bicyclic) bond motifs is 1. The first-order valence-electron chi connectivity index (χ1n) is 12.2. The molecule has 2 saturated heterocycles. The largest absolute Gasteiger partial charge is 0.444 e. The van der Waals surface area contributed by atoms with E-state index in [-0.39, 0.29) is 30.2 Å². The fourth-order valence-electron chi connectivity index (χ4n) is 4.88. The molecule has 2 atom stereocenters. The zero-order valence-corrected chi connectivity index (χ0v) is 21.2. The van der Waals surface area contributed by atoms with Crippen molar-refractivity contribution in [3.63, 3.8) is 0 Å². The van der Waals surface area contributed by atoms with E-state index in [0.717, 1.165) is 30.5 Å². The third kappa shape index (κ3) is 5.27. The molecule has 0 saturated carbocycles. The third-order valence-electron chi connectivity index (χ3n) is 6.87. The number of aryl methyl sites for hydroxylation is 2. The summed E-state index contributed by atoms with van der Waals surface area (Å²) < 4.78 is 8.60. The Hall–Kier alpha value is -3.14. The second kappa shape index (κ2) is 9.49. The number of imide groups is 1. The second-order valence-electron chi connectivity index (χ2n) is 10.6. The quantitative estimate of drug-likeness (QED) is 0.662. The van der Waals surface area contributed by atoms with Crippen molar-refractivity contribution in [3.05, 3.63) is 34.2 Å². The highest BCUT2D eigenvalue weighted by atomic mass is 16.6. The minimum atomic E-state index is -0.690. The molecule has 1 aromatic carbocycles. The number of ether oxygens (including phenoxy) is 1. The van der Waals surface area contributed by atoms with Gasteiger partial charge in [-0.25, -0.2) is 9.59 Å². The van der Waals surface area contributed by atoms with Gasteiger partial charge in [-0.2, -0.15) is 0 Å². The second-order valence-corrected chi connectivity index (χ2v) is 10.6. The summed E-state index contributed by atoms with van der Waals surface area (Å²) in [5, 5.41) is 2.34. The van der Waals surface area contributed by atoms with Crippen LogP contribution in [0.25, 0.3) is 11.0 Å². The van der Waals surface area contributed by atoms with E-state index in [9.17, 15) is 19.2 Å². The Bertz CT molecular complexity index is 1210. The fourth-order valence-corrected chi connectivity index (χ4v) is 4.88. The summed E-state index contributed by atoms with van der Waals surface area (Å²) in [7, 11) is 3.77. The van der Waals surface area contributed by atoms with Crippen LogP contribution in [0.2, 0.25) is 0 Å². The summed E-state index contributed by atoms with van der Waals surface area (Å²) in [6, 6.07) is 5.37. The number of benzene rings is 1. The SMILES string of the molecule is CN1CCN(C(=O)OC(C)(C)C)C[C@H]1CCc1ccc2c(c1)n(C)c(=O)n2C1CCC(=O)NC1=O. The predicted octanol–water partition coefficient (Wildman–Crippen LogP) is 1.80. The summed E-state index contributed by atoms with van der Waals surface area (Å²) in [5.41, 5.74) is 1.72. The molecule has 1 aromatic heterocycles. The van der Waals surface area contributed by atoms with Gasteiger partial charge in [0.05, 0.1) is 11.0 Å². The molecule has 2 aliphatic heterocycles. The number of likely N-dealkylation sites (N-methyl/N-ethyl adjacent to an activating group) is 1. The molecule has 4 rings (SSSR count). The van der Waals surface area contributed by atoms with Gasteiger partial charge in [-0.1, -0.05) is 6.07 Å². The number of rotatable bonds is 4. The Kier molecular flexibility index (Phi) is 6.77. The van der Waals surface area contributed by atoms with Crippen LogP contribution in [0.5, 0.6) is 0 Å². The van der Waals surface area contributed by atoms with Crippen molar-refractivity contribution >= 4 is 28.9 Å². The number of carbonyl (C=O) groups is 3. The molecule has 0 bridgehead atoms. The van der Waals surface area contributed by atoms with E-state index in [4.69, 9.17) is 4.74 Å². The fraction of sp³-hybridized carbons (Fsp3) is 0.600. The third-order valence-corrected chi connectivity index (χ3v) is 6.87. The number of aromatic nitrogens is 2. The van der Waals surface area contributed by atoms with Crippen molar-refractivity contribution in [2.24, 2.45) is 7.05 Å². The summed E-state index contributed by atoms with van der Waals surface area (Å²) in [4.78, 5) is 53.5. The molecule has 0 radical (unpaired) electrons. The number of carbonyl (C=O) groups excluding carboxylic acids is 3. The van der Waals surface area contributed by atoms with E-state index in [1.807, 2.05) is 39.0 Å². The lowest BCUT2D eigenvalue weighted by molar-refractivity contribution is -0.135. The van der Waals surface area contributed by atoms with Gasteiger partial charge in [-0.15, -0.1) is 0 Å². The molecule has 1 N–H and O–H groups in total. The molecule has 2 aromatic rings. The molecule has 10 nitrogen and oxygen atoms in total. The van der Waals surface area contributed by atoms with Crippen LogP contribution in [-0.4, -0.2) is 75.2 Å². The van der Waals surface area contributed by atoms with Crippen molar-refractivity contribution in [2.75, 3.05) is 26.7 Å². The maximum atomic E-state index is 13.0. The lowest BCUT2D eigenvalue weighted by atomic mass is 10.0. The summed E-state index contributed by atoms with van der Waals surface area (Å²) >= 11 is 0. The normalized spacial score (nSPS) is 21.9. The van der Waals surface area contributed by atoms with Crippen molar-refractivity contribution in [1.29, 1.82) is 0 Å². The van der Waals surface area contributed by atoms with Gasteiger partial charge in [0.25, 0.3) is 0 Å². The van der Waals surface area contributed by atoms with Gasteiger partial charge >= 0.3 is 11.8 Å². The minimum absolute atomic E-state index is 0.198. The van der Waals surface area contributed by atoms with E-state index in [0.29, 0.717) is 25.0 Å². The summed E-state index contributed by atoms with van der Waals surface area (Å²) in [6.45, 7) is 7.65. The number of hydrogen-bond acceptors (Lipinski definition) is 6. The smallest absolute Gasteiger partial charge is 0.410 e. The number of nitrogens with one attached hydrogen (secondary N) is 1. The van der Waals surface area contributed by atoms with Crippen LogP contribution in [0.1, 0.15) is 51.6 Å². The zero-order valence-electron chi connectivity index (χ0n) is 21.2. The molecule has 35 heavy (non-hydrogen) atoms. The number of imidazole rings is 1. The molecule has 190 valence electrons. The van der Waals surface area contributed by atoms with E-state index in [1.54, 1.807) is 16.5 Å². The number of nitrogens with zero attached hydrogens (tertiary/aromatic N) is 4. The van der Waals surface area contributed by atoms with Crippen molar-refractivity contribution in [1.82, 2.24) is 24.3 Å². The molecule has 10 heteroatoms. The van der Waals surface area contributed by atoms with Crippen LogP contribution >= 0.6 is 0 Å². The van der Waals surface area contributed by atoms with E-state index in [1.165, 1.54) is 4.57 Å². The van der Waals surface area contributed by atoms with E-state index >= 15 is 0 Å². The highest BCUT2D eigenvalue weighted by molar-refractivity contribution is 6.00. The van der Waals surface area contributed by atoms with E-state index in [2.05, 4.69) is 17.3 Å². The molecular weight excluding hydrogens is 450 g/mol. The Morgan fingerprint density at radius 1 is 1.11 bits per heavy atom. The Labute approximate surface area is 204 Å². The van der Waals surface area contributed by atoms with Crippen LogP contribution in [0, 0.1) is 0 Å². The predicted molar refractivity (Wildman–Crippen MR) is 131 cm³/mol. The van der Waals surface area contributed by atoms with Crippen LogP contribution in [0.4, 0.5) is 4.79 Å². The first kappa shape index (κ1) is 25.0. The number of piperidine rings is 1. The Morgan fingerprint density at radius 3 is 2.54 bits per heavy atom.